The van der Waals surface area contributed by atoms with Gasteiger partial charge in [0, 0.05) is 17.7 Å². The number of carbonyl (C=O) groups excluding carboxylic acids is 2. The maximum Gasteiger partial charge on any atom is 0.235 e. The normalized spacial score (nSPS) is 17.0. The SMILES string of the molecule is CC(=O)N[C@H](CC(=O)N(C1=N[C@@H](C)CS1)c1ccc(Cl)cc1)c1ccccc1. The highest BCUT2D eigenvalue weighted by Gasteiger charge is 2.29. The molecular formula is C21H22ClN3O2S. The van der Waals surface area contributed by atoms with Crippen LogP contribution in [0.1, 0.15) is 31.9 Å². The smallest absolute Gasteiger partial charge is 0.235 e. The van der Waals surface area contributed by atoms with Gasteiger partial charge in [0.1, 0.15) is 0 Å². The Balaban J connectivity index is 1.90. The largest absolute Gasteiger partial charge is 0.349 e. The van der Waals surface area contributed by atoms with Gasteiger partial charge in [-0.25, -0.2) is 0 Å². The lowest BCUT2D eigenvalue weighted by molar-refractivity contribution is -0.121. The Hall–Kier alpha value is -2.31. The number of thioether (sulfide) groups is 1. The number of hydrogen-bond donors (Lipinski definition) is 1. The van der Waals surface area contributed by atoms with E-state index in [4.69, 9.17) is 11.6 Å². The van der Waals surface area contributed by atoms with Gasteiger partial charge in [0.05, 0.1) is 24.2 Å². The summed E-state index contributed by atoms with van der Waals surface area (Å²) in [5.74, 6) is 0.520. The van der Waals surface area contributed by atoms with Crippen molar-refractivity contribution in [1.82, 2.24) is 5.32 Å². The molecule has 0 aliphatic carbocycles. The molecule has 0 saturated carbocycles. The van der Waals surface area contributed by atoms with Gasteiger partial charge < -0.3 is 5.32 Å². The van der Waals surface area contributed by atoms with Crippen LogP contribution >= 0.6 is 23.4 Å². The van der Waals surface area contributed by atoms with E-state index in [1.807, 2.05) is 49.4 Å². The molecular weight excluding hydrogens is 394 g/mol. The fourth-order valence-electron chi connectivity index (χ4n) is 2.98. The minimum absolute atomic E-state index is 0.125. The molecule has 0 aromatic heterocycles. The standard InChI is InChI=1S/C21H22ClN3O2S/c1-14-13-28-21(23-14)25(18-10-8-17(22)9-11-18)20(27)12-19(24-15(2)26)16-6-4-3-5-7-16/h3-11,14,19H,12-13H2,1-2H3,(H,24,26)/t14-,19+/m0/s1. The summed E-state index contributed by atoms with van der Waals surface area (Å²) in [5, 5.41) is 4.17. The Bertz CT molecular complexity index is 871. The number of amides is 2. The third-order valence-corrected chi connectivity index (χ3v) is 5.72. The summed E-state index contributed by atoms with van der Waals surface area (Å²) in [4.78, 5) is 31.3. The molecule has 1 N–H and O–H groups in total. The van der Waals surface area contributed by atoms with Crippen molar-refractivity contribution in [3.8, 4) is 0 Å². The first-order chi connectivity index (χ1) is 13.4. The van der Waals surface area contributed by atoms with Crippen molar-refractivity contribution in [2.75, 3.05) is 10.7 Å². The van der Waals surface area contributed by atoms with Gasteiger partial charge in [-0.15, -0.1) is 0 Å². The van der Waals surface area contributed by atoms with Crippen LogP contribution in [0.25, 0.3) is 0 Å². The third kappa shape index (κ3) is 5.14. The maximum atomic E-state index is 13.3. The molecule has 1 aliphatic rings. The molecule has 0 bridgehead atoms. The van der Waals surface area contributed by atoms with E-state index in [1.54, 1.807) is 28.8 Å². The quantitative estimate of drug-likeness (QED) is 0.785. The van der Waals surface area contributed by atoms with Crippen LogP contribution in [0.3, 0.4) is 0 Å². The Morgan fingerprint density at radius 3 is 2.46 bits per heavy atom. The number of hydrogen-bond acceptors (Lipinski definition) is 4. The number of aliphatic imine (C=N–C) groups is 1. The zero-order valence-corrected chi connectivity index (χ0v) is 17.3. The predicted octanol–water partition coefficient (Wildman–Crippen LogP) is 4.43. The van der Waals surface area contributed by atoms with Crippen LogP contribution in [0.5, 0.6) is 0 Å². The zero-order valence-electron chi connectivity index (χ0n) is 15.8. The van der Waals surface area contributed by atoms with Gasteiger partial charge in [-0.05, 0) is 36.8 Å². The third-order valence-electron chi connectivity index (χ3n) is 4.27. The molecule has 0 spiro atoms. The summed E-state index contributed by atoms with van der Waals surface area (Å²) in [6, 6.07) is 16.4. The number of amidine groups is 1. The minimum atomic E-state index is -0.412. The monoisotopic (exact) mass is 415 g/mol. The second-order valence-corrected chi connectivity index (χ2v) is 8.07. The molecule has 2 amide bonds. The van der Waals surface area contributed by atoms with Crippen LogP contribution in [0.4, 0.5) is 5.69 Å². The summed E-state index contributed by atoms with van der Waals surface area (Å²) in [6.45, 7) is 3.48. The lowest BCUT2D eigenvalue weighted by Gasteiger charge is -2.25. The first-order valence-electron chi connectivity index (χ1n) is 9.05. The Morgan fingerprint density at radius 2 is 1.89 bits per heavy atom. The van der Waals surface area contributed by atoms with Gasteiger partial charge in [0.25, 0.3) is 0 Å². The molecule has 28 heavy (non-hydrogen) atoms. The van der Waals surface area contributed by atoms with Crippen molar-refractivity contribution >= 4 is 46.0 Å². The van der Waals surface area contributed by atoms with Crippen molar-refractivity contribution in [3.63, 3.8) is 0 Å². The fourth-order valence-corrected chi connectivity index (χ4v) is 4.16. The maximum absolute atomic E-state index is 13.3. The number of nitrogens with one attached hydrogen (secondary N) is 1. The second-order valence-electron chi connectivity index (χ2n) is 6.65. The number of carbonyl (C=O) groups is 2. The Morgan fingerprint density at radius 1 is 1.21 bits per heavy atom. The van der Waals surface area contributed by atoms with E-state index in [-0.39, 0.29) is 24.3 Å². The highest BCUT2D eigenvalue weighted by Crippen LogP contribution is 2.29. The van der Waals surface area contributed by atoms with E-state index < -0.39 is 6.04 Å². The average molecular weight is 416 g/mol. The summed E-state index contributed by atoms with van der Waals surface area (Å²) in [5.41, 5.74) is 1.60. The minimum Gasteiger partial charge on any atom is -0.349 e. The van der Waals surface area contributed by atoms with Gasteiger partial charge in [0.2, 0.25) is 11.8 Å². The molecule has 1 heterocycles. The second kappa shape index (κ2) is 9.26. The van der Waals surface area contributed by atoms with Crippen LogP contribution < -0.4 is 10.2 Å². The van der Waals surface area contributed by atoms with Gasteiger partial charge in [-0.3, -0.25) is 19.5 Å². The number of rotatable bonds is 5. The number of benzene rings is 2. The van der Waals surface area contributed by atoms with Crippen molar-refractivity contribution in [2.24, 2.45) is 4.99 Å². The lowest BCUT2D eigenvalue weighted by atomic mass is 10.0. The van der Waals surface area contributed by atoms with Crippen LogP contribution in [0.2, 0.25) is 5.02 Å². The summed E-state index contributed by atoms with van der Waals surface area (Å²) in [6.07, 6.45) is 0.125. The number of halogens is 1. The van der Waals surface area contributed by atoms with Crippen LogP contribution in [-0.4, -0.2) is 28.8 Å². The number of nitrogens with zero attached hydrogens (tertiary/aromatic N) is 2. The highest BCUT2D eigenvalue weighted by molar-refractivity contribution is 8.14. The molecule has 5 nitrogen and oxygen atoms in total. The molecule has 0 unspecified atom stereocenters. The van der Waals surface area contributed by atoms with E-state index >= 15 is 0 Å². The van der Waals surface area contributed by atoms with Crippen LogP contribution in [-0.2, 0) is 9.59 Å². The molecule has 0 fully saturated rings. The fraction of sp³-hybridized carbons (Fsp3) is 0.286. The Labute approximate surface area is 174 Å². The topological polar surface area (TPSA) is 61.8 Å². The molecule has 2 atom stereocenters. The van der Waals surface area contributed by atoms with E-state index in [0.717, 1.165) is 11.3 Å². The molecule has 7 heteroatoms. The molecule has 1 aliphatic heterocycles. The lowest BCUT2D eigenvalue weighted by Crippen LogP contribution is -2.38. The highest BCUT2D eigenvalue weighted by atomic mass is 35.5. The van der Waals surface area contributed by atoms with Gasteiger partial charge >= 0.3 is 0 Å². The summed E-state index contributed by atoms with van der Waals surface area (Å²) >= 11 is 7.57. The van der Waals surface area contributed by atoms with Gasteiger partial charge in [-0.2, -0.15) is 0 Å². The van der Waals surface area contributed by atoms with Crippen molar-refractivity contribution in [1.29, 1.82) is 0 Å². The Kier molecular flexibility index (Phi) is 6.75. The predicted molar refractivity (Wildman–Crippen MR) is 116 cm³/mol. The molecule has 0 radical (unpaired) electrons. The van der Waals surface area contributed by atoms with E-state index in [0.29, 0.717) is 15.9 Å². The average Bonchev–Trinajstić information content (AvgIpc) is 3.09. The first-order valence-corrected chi connectivity index (χ1v) is 10.4. The summed E-state index contributed by atoms with van der Waals surface area (Å²) < 4.78 is 0. The summed E-state index contributed by atoms with van der Waals surface area (Å²) in [7, 11) is 0. The van der Waals surface area contributed by atoms with Crippen LogP contribution in [0.15, 0.2) is 59.6 Å². The van der Waals surface area contributed by atoms with Crippen molar-refractivity contribution in [3.05, 3.63) is 65.2 Å². The first kappa shape index (κ1) is 20.4. The van der Waals surface area contributed by atoms with Crippen molar-refractivity contribution in [2.45, 2.75) is 32.4 Å². The van der Waals surface area contributed by atoms with Gasteiger partial charge in [-0.1, -0.05) is 53.7 Å². The van der Waals surface area contributed by atoms with E-state index in [1.165, 1.54) is 6.92 Å². The molecule has 146 valence electrons. The number of anilines is 1. The van der Waals surface area contributed by atoms with E-state index in [9.17, 15) is 9.59 Å². The molecule has 3 rings (SSSR count). The molecule has 0 saturated heterocycles. The molecule has 2 aromatic rings. The zero-order chi connectivity index (χ0) is 20.1. The van der Waals surface area contributed by atoms with Crippen molar-refractivity contribution < 1.29 is 9.59 Å². The molecule has 2 aromatic carbocycles. The van der Waals surface area contributed by atoms with Gasteiger partial charge in [0.15, 0.2) is 5.17 Å². The van der Waals surface area contributed by atoms with Crippen LogP contribution in [0, 0.1) is 0 Å². The van der Waals surface area contributed by atoms with E-state index in [2.05, 4.69) is 10.3 Å².